The maximum absolute atomic E-state index is 12.7. The Kier molecular flexibility index (Phi) is 55.1. The van der Waals surface area contributed by atoms with Crippen LogP contribution in [-0.4, -0.2) is 49.3 Å². The van der Waals surface area contributed by atoms with Gasteiger partial charge in [-0.3, -0.25) is 18.6 Å². The Morgan fingerprint density at radius 2 is 0.743 bits per heavy atom. The summed E-state index contributed by atoms with van der Waals surface area (Å²) in [6, 6.07) is 0. The van der Waals surface area contributed by atoms with Crippen LogP contribution in [0.15, 0.2) is 36.5 Å². The Morgan fingerprint density at radius 1 is 0.429 bits per heavy atom. The second kappa shape index (κ2) is 56.5. The first kappa shape index (κ1) is 68.2. The fourth-order valence-electron chi connectivity index (χ4n) is 8.78. The quantitative estimate of drug-likeness (QED) is 0.0264. The van der Waals surface area contributed by atoms with Crippen molar-refractivity contribution in [3.63, 3.8) is 0 Å². The molecule has 10 heteroatoms. The molecule has 0 saturated heterocycles. The SMILES string of the molecule is CCCCCCC/C=C\C/C=C\CCCCCCCCCCCCCCCCCCCCCCCCCC(=O)OC(COC(=O)CCCCCCC/C=C\CCCCCCC)COP(=O)(O)OCCN. The number of phosphoric ester groups is 1. The van der Waals surface area contributed by atoms with Gasteiger partial charge in [-0.15, -0.1) is 0 Å². The van der Waals surface area contributed by atoms with Crippen molar-refractivity contribution >= 4 is 19.8 Å². The van der Waals surface area contributed by atoms with E-state index in [2.05, 4.69) is 50.3 Å². The predicted octanol–water partition coefficient (Wildman–Crippen LogP) is 18.8. The molecule has 0 aliphatic rings. The van der Waals surface area contributed by atoms with E-state index in [1.54, 1.807) is 0 Å². The van der Waals surface area contributed by atoms with E-state index in [4.69, 9.17) is 24.3 Å². The van der Waals surface area contributed by atoms with Gasteiger partial charge >= 0.3 is 19.8 Å². The summed E-state index contributed by atoms with van der Waals surface area (Å²) < 4.78 is 33.0. The predicted molar refractivity (Wildman–Crippen MR) is 298 cm³/mol. The van der Waals surface area contributed by atoms with E-state index in [0.29, 0.717) is 6.42 Å². The van der Waals surface area contributed by atoms with Gasteiger partial charge in [0.05, 0.1) is 13.2 Å². The third-order valence-electron chi connectivity index (χ3n) is 13.2. The molecule has 0 aliphatic heterocycles. The first-order chi connectivity index (χ1) is 34.3. The van der Waals surface area contributed by atoms with Gasteiger partial charge in [-0.1, -0.05) is 256 Å². The van der Waals surface area contributed by atoms with Crippen LogP contribution >= 0.6 is 7.82 Å². The molecule has 0 rings (SSSR count). The highest BCUT2D eigenvalue weighted by molar-refractivity contribution is 7.47. The second-order valence-electron chi connectivity index (χ2n) is 20.2. The number of hydrogen-bond acceptors (Lipinski definition) is 8. The molecule has 412 valence electrons. The molecule has 3 N–H and O–H groups in total. The lowest BCUT2D eigenvalue weighted by Gasteiger charge is -2.19. The number of phosphoric acid groups is 1. The average molecular weight is 1010 g/mol. The maximum atomic E-state index is 12.7. The molecular formula is C60H114NO8P. The van der Waals surface area contributed by atoms with Gasteiger partial charge in [0, 0.05) is 19.4 Å². The van der Waals surface area contributed by atoms with Crippen molar-refractivity contribution in [2.24, 2.45) is 5.73 Å². The summed E-state index contributed by atoms with van der Waals surface area (Å²) in [5.74, 6) is -0.824. The number of esters is 2. The van der Waals surface area contributed by atoms with Crippen LogP contribution in [0.2, 0.25) is 0 Å². The minimum absolute atomic E-state index is 0.0541. The smallest absolute Gasteiger partial charge is 0.462 e. The van der Waals surface area contributed by atoms with Crippen molar-refractivity contribution in [1.29, 1.82) is 0 Å². The summed E-state index contributed by atoms with van der Waals surface area (Å²) in [5, 5.41) is 0. The van der Waals surface area contributed by atoms with Crippen molar-refractivity contribution in [1.82, 2.24) is 0 Å². The Hall–Kier alpha value is -1.77. The molecule has 2 unspecified atom stereocenters. The van der Waals surface area contributed by atoms with E-state index >= 15 is 0 Å². The lowest BCUT2D eigenvalue weighted by molar-refractivity contribution is -0.161. The average Bonchev–Trinajstić information content (AvgIpc) is 3.35. The van der Waals surface area contributed by atoms with E-state index < -0.39 is 26.5 Å². The zero-order chi connectivity index (χ0) is 51.0. The lowest BCUT2D eigenvalue weighted by Crippen LogP contribution is -2.29. The second-order valence-corrected chi connectivity index (χ2v) is 21.7. The highest BCUT2D eigenvalue weighted by Crippen LogP contribution is 2.43. The lowest BCUT2D eigenvalue weighted by atomic mass is 10.0. The fraction of sp³-hybridized carbons (Fsp3) is 0.867. The van der Waals surface area contributed by atoms with Crippen molar-refractivity contribution in [3.8, 4) is 0 Å². The maximum Gasteiger partial charge on any atom is 0.472 e. The number of nitrogens with two attached hydrogens (primary N) is 1. The Labute approximate surface area is 433 Å². The van der Waals surface area contributed by atoms with Crippen molar-refractivity contribution in [3.05, 3.63) is 36.5 Å². The number of ether oxygens (including phenoxy) is 2. The fourth-order valence-corrected chi connectivity index (χ4v) is 9.55. The summed E-state index contributed by atoms with van der Waals surface area (Å²) in [4.78, 5) is 35.1. The van der Waals surface area contributed by atoms with Crippen LogP contribution < -0.4 is 5.73 Å². The van der Waals surface area contributed by atoms with Gasteiger partial charge in [0.1, 0.15) is 6.61 Å². The standard InChI is InChI=1S/C60H114NO8P/c1-3-5-7-9-11-13-15-17-19-20-21-22-23-24-25-26-27-28-29-30-31-32-33-34-35-36-37-38-39-41-43-45-47-49-51-53-60(63)69-58(57-68-70(64,65)67-55-54-61)56-66-59(62)52-50-48-46-44-42-40-18-16-14-12-10-8-6-4-2/h15-18,20-21,58H,3-14,19,22-57,61H2,1-2H3,(H,64,65)/b17-15-,18-16-,21-20-. The third-order valence-corrected chi connectivity index (χ3v) is 14.2. The number of carbonyl (C=O) groups excluding carboxylic acids is 2. The highest BCUT2D eigenvalue weighted by atomic mass is 31.2. The molecule has 0 fully saturated rings. The molecule has 0 bridgehead atoms. The summed E-state index contributed by atoms with van der Waals surface area (Å²) in [6.07, 6.45) is 68.0. The van der Waals surface area contributed by atoms with Crippen LogP contribution in [0.3, 0.4) is 0 Å². The van der Waals surface area contributed by atoms with Crippen LogP contribution in [0.1, 0.15) is 303 Å². The first-order valence-electron chi connectivity index (χ1n) is 30.0. The van der Waals surface area contributed by atoms with Gasteiger partial charge in [-0.05, 0) is 70.6 Å². The molecule has 0 aliphatic carbocycles. The molecule has 2 atom stereocenters. The van der Waals surface area contributed by atoms with Gasteiger partial charge < -0.3 is 20.1 Å². The van der Waals surface area contributed by atoms with Gasteiger partial charge in [0.15, 0.2) is 6.10 Å². The number of carbonyl (C=O) groups is 2. The number of allylic oxidation sites excluding steroid dienone is 6. The van der Waals surface area contributed by atoms with Gasteiger partial charge in [-0.2, -0.15) is 0 Å². The summed E-state index contributed by atoms with van der Waals surface area (Å²) in [5.41, 5.74) is 5.38. The molecule has 9 nitrogen and oxygen atoms in total. The van der Waals surface area contributed by atoms with Crippen LogP contribution in [0, 0.1) is 0 Å². The molecule has 0 aromatic heterocycles. The van der Waals surface area contributed by atoms with E-state index in [1.165, 1.54) is 212 Å². The Bertz CT molecular complexity index is 1240. The molecule has 0 saturated carbocycles. The van der Waals surface area contributed by atoms with Crippen LogP contribution in [0.4, 0.5) is 0 Å². The topological polar surface area (TPSA) is 134 Å². The van der Waals surface area contributed by atoms with Crippen molar-refractivity contribution < 1.29 is 37.6 Å². The molecule has 0 heterocycles. The van der Waals surface area contributed by atoms with E-state index in [0.717, 1.165) is 57.8 Å². The van der Waals surface area contributed by atoms with Gasteiger partial charge in [0.25, 0.3) is 0 Å². The summed E-state index contributed by atoms with van der Waals surface area (Å²) in [6.45, 7) is 3.75. The molecule has 0 radical (unpaired) electrons. The minimum Gasteiger partial charge on any atom is -0.462 e. The number of unbranched alkanes of at least 4 members (excludes halogenated alkanes) is 38. The Morgan fingerprint density at radius 3 is 1.10 bits per heavy atom. The first-order valence-corrected chi connectivity index (χ1v) is 31.5. The third kappa shape index (κ3) is 55.5. The minimum atomic E-state index is -4.38. The zero-order valence-electron chi connectivity index (χ0n) is 46.0. The van der Waals surface area contributed by atoms with Crippen LogP contribution in [0.5, 0.6) is 0 Å². The summed E-state index contributed by atoms with van der Waals surface area (Å²) in [7, 11) is -4.38. The molecule has 70 heavy (non-hydrogen) atoms. The van der Waals surface area contributed by atoms with Crippen LogP contribution in [-0.2, 0) is 32.7 Å². The molecule has 0 amide bonds. The molecular weight excluding hydrogens is 894 g/mol. The molecule has 0 aromatic rings. The highest BCUT2D eigenvalue weighted by Gasteiger charge is 2.26. The monoisotopic (exact) mass is 1010 g/mol. The number of hydrogen-bond donors (Lipinski definition) is 2. The van der Waals surface area contributed by atoms with Crippen molar-refractivity contribution in [2.75, 3.05) is 26.4 Å². The van der Waals surface area contributed by atoms with E-state index in [9.17, 15) is 19.0 Å². The van der Waals surface area contributed by atoms with E-state index in [-0.39, 0.29) is 38.6 Å². The van der Waals surface area contributed by atoms with Gasteiger partial charge in [-0.25, -0.2) is 4.57 Å². The van der Waals surface area contributed by atoms with Crippen LogP contribution in [0.25, 0.3) is 0 Å². The molecule has 0 spiro atoms. The van der Waals surface area contributed by atoms with E-state index in [1.807, 2.05) is 0 Å². The summed E-state index contributed by atoms with van der Waals surface area (Å²) >= 11 is 0. The number of rotatable bonds is 57. The zero-order valence-corrected chi connectivity index (χ0v) is 46.9. The van der Waals surface area contributed by atoms with Crippen molar-refractivity contribution in [2.45, 2.75) is 309 Å². The molecule has 0 aromatic carbocycles. The normalized spacial score (nSPS) is 13.3. The largest absolute Gasteiger partial charge is 0.472 e. The van der Waals surface area contributed by atoms with Gasteiger partial charge in [0.2, 0.25) is 0 Å². The Balaban J connectivity index is 3.80.